The summed E-state index contributed by atoms with van der Waals surface area (Å²) >= 11 is 0. The standard InChI is InChI=1S/C15H18N2O4/c1-16(2)11-6-4-10(5-7-11)14(19)17-8-12(13(18)9-17)15(20)21-3/h4-7,12H,8-9H2,1-3H3. The molecule has 0 radical (unpaired) electrons. The quantitative estimate of drug-likeness (QED) is 0.601. The molecule has 1 aliphatic heterocycles. The Hall–Kier alpha value is -2.37. The number of nitrogens with zero attached hydrogens (tertiary/aromatic N) is 2. The van der Waals surface area contributed by atoms with Crippen LogP contribution in [0.4, 0.5) is 5.69 Å². The van der Waals surface area contributed by atoms with Gasteiger partial charge < -0.3 is 14.5 Å². The van der Waals surface area contributed by atoms with E-state index in [2.05, 4.69) is 4.74 Å². The van der Waals surface area contributed by atoms with E-state index in [1.165, 1.54) is 12.0 Å². The lowest BCUT2D eigenvalue weighted by atomic mass is 10.1. The molecule has 0 N–H and O–H groups in total. The smallest absolute Gasteiger partial charge is 0.318 e. The number of rotatable bonds is 3. The Kier molecular flexibility index (Phi) is 4.26. The van der Waals surface area contributed by atoms with Gasteiger partial charge in [0.15, 0.2) is 5.78 Å². The van der Waals surface area contributed by atoms with Crippen molar-refractivity contribution in [3.05, 3.63) is 29.8 Å². The third-order valence-electron chi connectivity index (χ3n) is 3.54. The highest BCUT2D eigenvalue weighted by molar-refractivity contribution is 6.06. The summed E-state index contributed by atoms with van der Waals surface area (Å²) in [7, 11) is 5.06. The number of methoxy groups -OCH3 is 1. The third-order valence-corrected chi connectivity index (χ3v) is 3.54. The fourth-order valence-electron chi connectivity index (χ4n) is 2.27. The highest BCUT2D eigenvalue weighted by atomic mass is 16.5. The van der Waals surface area contributed by atoms with Gasteiger partial charge in [-0.15, -0.1) is 0 Å². The van der Waals surface area contributed by atoms with Gasteiger partial charge in [0, 0.05) is 31.9 Å². The summed E-state index contributed by atoms with van der Waals surface area (Å²) in [5.74, 6) is -1.97. The third kappa shape index (κ3) is 3.04. The van der Waals surface area contributed by atoms with Gasteiger partial charge in [-0.25, -0.2) is 0 Å². The van der Waals surface area contributed by atoms with E-state index in [1.807, 2.05) is 31.1 Å². The molecule has 0 spiro atoms. The fraction of sp³-hybridized carbons (Fsp3) is 0.400. The van der Waals surface area contributed by atoms with Gasteiger partial charge in [0.2, 0.25) is 0 Å². The lowest BCUT2D eigenvalue weighted by Crippen LogP contribution is -2.30. The molecule has 112 valence electrons. The van der Waals surface area contributed by atoms with Crippen molar-refractivity contribution in [1.82, 2.24) is 4.90 Å². The molecule has 1 aromatic carbocycles. The predicted molar refractivity (Wildman–Crippen MR) is 77.2 cm³/mol. The number of carbonyl (C=O) groups excluding carboxylic acids is 3. The number of anilines is 1. The maximum atomic E-state index is 12.3. The van der Waals surface area contributed by atoms with Gasteiger partial charge in [0.25, 0.3) is 5.91 Å². The monoisotopic (exact) mass is 290 g/mol. The van der Waals surface area contributed by atoms with Crippen molar-refractivity contribution in [2.24, 2.45) is 5.92 Å². The molecule has 21 heavy (non-hydrogen) atoms. The summed E-state index contributed by atoms with van der Waals surface area (Å²) in [5, 5.41) is 0. The van der Waals surface area contributed by atoms with Gasteiger partial charge in [0.05, 0.1) is 13.7 Å². The molecule has 6 heteroatoms. The Bertz CT molecular complexity index is 566. The first kappa shape index (κ1) is 15.0. The first-order valence-corrected chi connectivity index (χ1v) is 6.61. The van der Waals surface area contributed by atoms with Crippen LogP contribution in [0, 0.1) is 5.92 Å². The highest BCUT2D eigenvalue weighted by Gasteiger charge is 2.39. The summed E-state index contributed by atoms with van der Waals surface area (Å²) in [6.45, 7) is 0.0355. The minimum atomic E-state index is -0.861. The molecule has 0 aromatic heterocycles. The Labute approximate surface area is 123 Å². The zero-order valence-electron chi connectivity index (χ0n) is 12.3. The molecule has 0 bridgehead atoms. The van der Waals surface area contributed by atoms with Crippen LogP contribution in [-0.4, -0.2) is 56.9 Å². The van der Waals surface area contributed by atoms with Crippen LogP contribution in [-0.2, 0) is 14.3 Å². The molecule has 0 aliphatic carbocycles. The zero-order valence-corrected chi connectivity index (χ0v) is 12.3. The minimum Gasteiger partial charge on any atom is -0.468 e. The minimum absolute atomic E-state index is 0.0476. The SMILES string of the molecule is COC(=O)C1CN(C(=O)c2ccc(N(C)C)cc2)CC1=O. The van der Waals surface area contributed by atoms with E-state index >= 15 is 0 Å². The molecule has 1 amide bonds. The first-order valence-electron chi connectivity index (χ1n) is 6.61. The van der Waals surface area contributed by atoms with Gasteiger partial charge in [-0.2, -0.15) is 0 Å². The average molecular weight is 290 g/mol. The number of ketones is 1. The Morgan fingerprint density at radius 2 is 1.86 bits per heavy atom. The number of esters is 1. The van der Waals surface area contributed by atoms with Crippen LogP contribution in [0.15, 0.2) is 24.3 Å². The van der Waals surface area contributed by atoms with Crippen LogP contribution in [0.3, 0.4) is 0 Å². The molecule has 1 aromatic rings. The van der Waals surface area contributed by atoms with Crippen molar-refractivity contribution in [1.29, 1.82) is 0 Å². The number of ether oxygens (including phenoxy) is 1. The molecule has 2 rings (SSSR count). The second kappa shape index (κ2) is 5.95. The van der Waals surface area contributed by atoms with Crippen molar-refractivity contribution in [2.75, 3.05) is 39.2 Å². The van der Waals surface area contributed by atoms with Crippen LogP contribution >= 0.6 is 0 Å². The van der Waals surface area contributed by atoms with E-state index in [9.17, 15) is 14.4 Å². The topological polar surface area (TPSA) is 66.9 Å². The first-order chi connectivity index (χ1) is 9.93. The van der Waals surface area contributed by atoms with Gasteiger partial charge >= 0.3 is 5.97 Å². The van der Waals surface area contributed by atoms with Crippen LogP contribution < -0.4 is 4.90 Å². The highest BCUT2D eigenvalue weighted by Crippen LogP contribution is 2.19. The van der Waals surface area contributed by atoms with Gasteiger partial charge in [0.1, 0.15) is 5.92 Å². The summed E-state index contributed by atoms with van der Waals surface area (Å²) in [6, 6.07) is 7.10. The fourth-order valence-corrected chi connectivity index (χ4v) is 2.27. The van der Waals surface area contributed by atoms with Crippen LogP contribution in [0.5, 0.6) is 0 Å². The number of hydrogen-bond donors (Lipinski definition) is 0. The van der Waals surface area contributed by atoms with Crippen molar-refractivity contribution in [3.63, 3.8) is 0 Å². The molecule has 1 unspecified atom stereocenters. The van der Waals surface area contributed by atoms with Crippen molar-refractivity contribution in [3.8, 4) is 0 Å². The molecule has 1 atom stereocenters. The second-order valence-electron chi connectivity index (χ2n) is 5.17. The molecule has 1 saturated heterocycles. The number of likely N-dealkylation sites (tertiary alicyclic amines) is 1. The Morgan fingerprint density at radius 1 is 1.24 bits per heavy atom. The number of carbonyl (C=O) groups is 3. The Balaban J connectivity index is 2.11. The van der Waals surface area contributed by atoms with E-state index in [1.54, 1.807) is 12.1 Å². The normalized spacial score (nSPS) is 17.8. The number of Topliss-reactive ketones (excluding diaryl/α,β-unsaturated/α-hetero) is 1. The molecular formula is C15H18N2O4. The molecule has 1 aliphatic rings. The number of amides is 1. The van der Waals surface area contributed by atoms with Gasteiger partial charge in [-0.05, 0) is 24.3 Å². The van der Waals surface area contributed by atoms with Crippen LogP contribution in [0.25, 0.3) is 0 Å². The maximum absolute atomic E-state index is 12.3. The molecule has 0 saturated carbocycles. The molecule has 6 nitrogen and oxygen atoms in total. The summed E-state index contributed by atoms with van der Waals surface area (Å²) in [4.78, 5) is 38.9. The van der Waals surface area contributed by atoms with E-state index < -0.39 is 11.9 Å². The zero-order chi connectivity index (χ0) is 15.6. The van der Waals surface area contributed by atoms with Gasteiger partial charge in [-0.3, -0.25) is 14.4 Å². The van der Waals surface area contributed by atoms with Crippen LogP contribution in [0.2, 0.25) is 0 Å². The van der Waals surface area contributed by atoms with Crippen molar-refractivity contribution in [2.45, 2.75) is 0 Å². The van der Waals surface area contributed by atoms with Crippen molar-refractivity contribution < 1.29 is 19.1 Å². The maximum Gasteiger partial charge on any atom is 0.318 e. The second-order valence-corrected chi connectivity index (χ2v) is 5.17. The van der Waals surface area contributed by atoms with E-state index in [-0.39, 0.29) is 24.8 Å². The number of benzene rings is 1. The predicted octanol–water partition coefficient (Wildman–Crippen LogP) is 0.567. The molecule has 1 heterocycles. The van der Waals surface area contributed by atoms with Crippen LogP contribution in [0.1, 0.15) is 10.4 Å². The summed E-state index contributed by atoms with van der Waals surface area (Å²) in [6.07, 6.45) is 0. The average Bonchev–Trinajstić information content (AvgIpc) is 2.87. The van der Waals surface area contributed by atoms with Gasteiger partial charge in [-0.1, -0.05) is 0 Å². The largest absolute Gasteiger partial charge is 0.468 e. The van der Waals surface area contributed by atoms with E-state index in [0.717, 1.165) is 5.69 Å². The molecule has 1 fully saturated rings. The lowest BCUT2D eigenvalue weighted by molar-refractivity contribution is -0.147. The Morgan fingerprint density at radius 3 is 2.38 bits per heavy atom. The lowest BCUT2D eigenvalue weighted by Gasteiger charge is -2.16. The van der Waals surface area contributed by atoms with E-state index in [0.29, 0.717) is 5.56 Å². The summed E-state index contributed by atoms with van der Waals surface area (Å²) < 4.78 is 4.58. The molecular weight excluding hydrogens is 272 g/mol. The summed E-state index contributed by atoms with van der Waals surface area (Å²) in [5.41, 5.74) is 1.48. The number of hydrogen-bond acceptors (Lipinski definition) is 5. The van der Waals surface area contributed by atoms with Crippen molar-refractivity contribution >= 4 is 23.3 Å². The van der Waals surface area contributed by atoms with E-state index in [4.69, 9.17) is 0 Å².